The van der Waals surface area contributed by atoms with Crippen molar-refractivity contribution in [1.82, 2.24) is 4.90 Å². The zero-order chi connectivity index (χ0) is 12.9. The molecule has 2 heterocycles. The summed E-state index contributed by atoms with van der Waals surface area (Å²) in [6.45, 7) is 1.89. The molecule has 3 atom stereocenters. The summed E-state index contributed by atoms with van der Waals surface area (Å²) in [5.41, 5.74) is 7.55. The van der Waals surface area contributed by atoms with Crippen molar-refractivity contribution in [2.24, 2.45) is 5.73 Å². The molecule has 96 valence electrons. The van der Waals surface area contributed by atoms with Crippen LogP contribution in [0.5, 0.6) is 5.75 Å². The summed E-state index contributed by atoms with van der Waals surface area (Å²) in [7, 11) is 0. The average Bonchev–Trinajstić information content (AvgIpc) is 2.87. The Labute approximate surface area is 106 Å². The van der Waals surface area contributed by atoms with Crippen molar-refractivity contribution in [2.45, 2.75) is 44.3 Å². The first-order chi connectivity index (χ1) is 8.58. The number of aromatic hydroxyl groups is 1. The first-order valence-corrected chi connectivity index (χ1v) is 6.46. The van der Waals surface area contributed by atoms with E-state index in [1.807, 2.05) is 11.8 Å². The summed E-state index contributed by atoms with van der Waals surface area (Å²) >= 11 is 0. The van der Waals surface area contributed by atoms with Crippen LogP contribution in [0.1, 0.15) is 35.2 Å². The van der Waals surface area contributed by atoms with Gasteiger partial charge in [-0.15, -0.1) is 0 Å². The molecule has 4 heteroatoms. The van der Waals surface area contributed by atoms with Crippen molar-refractivity contribution in [2.75, 3.05) is 0 Å². The second kappa shape index (κ2) is 3.99. The number of amides is 1. The third-order valence-electron chi connectivity index (χ3n) is 4.27. The van der Waals surface area contributed by atoms with Crippen LogP contribution < -0.4 is 5.73 Å². The van der Waals surface area contributed by atoms with Crippen molar-refractivity contribution < 1.29 is 9.90 Å². The molecule has 0 aromatic heterocycles. The lowest BCUT2D eigenvalue weighted by Crippen LogP contribution is -2.40. The minimum absolute atomic E-state index is 0.0175. The molecule has 0 saturated carbocycles. The highest BCUT2D eigenvalue weighted by Crippen LogP contribution is 2.38. The van der Waals surface area contributed by atoms with Crippen LogP contribution in [0.2, 0.25) is 0 Å². The zero-order valence-corrected chi connectivity index (χ0v) is 10.5. The van der Waals surface area contributed by atoms with Crippen LogP contribution in [0.25, 0.3) is 0 Å². The number of nitrogens with zero attached hydrogens (tertiary/aromatic N) is 1. The van der Waals surface area contributed by atoms with Gasteiger partial charge < -0.3 is 15.7 Å². The molecule has 2 aliphatic heterocycles. The van der Waals surface area contributed by atoms with Crippen molar-refractivity contribution in [3.8, 4) is 5.75 Å². The van der Waals surface area contributed by atoms with Crippen molar-refractivity contribution in [3.05, 3.63) is 29.3 Å². The maximum absolute atomic E-state index is 12.6. The van der Waals surface area contributed by atoms with Crippen LogP contribution in [-0.2, 0) is 0 Å². The molecule has 0 spiro atoms. The Kier molecular flexibility index (Phi) is 2.55. The molecule has 2 aliphatic rings. The number of carbonyl (C=O) groups is 1. The standard InChI is InChI=1S/C14H18N2O2/c1-8-2-4-10(17)7-11(8)14(18)16-9-3-5-13(16)12(15)6-9/h2,4,7,9,12-13,17H,3,5-6,15H2,1H3/t9-,12-,13+/m1/s1. The van der Waals surface area contributed by atoms with Gasteiger partial charge in [0.1, 0.15) is 5.75 Å². The van der Waals surface area contributed by atoms with Crippen LogP contribution in [0.4, 0.5) is 0 Å². The normalized spacial score (nSPS) is 29.9. The number of phenols is 1. The van der Waals surface area contributed by atoms with Crippen LogP contribution in [0.3, 0.4) is 0 Å². The van der Waals surface area contributed by atoms with Crippen LogP contribution >= 0.6 is 0 Å². The Morgan fingerprint density at radius 3 is 2.83 bits per heavy atom. The van der Waals surface area contributed by atoms with E-state index in [-0.39, 0.29) is 23.7 Å². The van der Waals surface area contributed by atoms with Crippen molar-refractivity contribution in [3.63, 3.8) is 0 Å². The highest BCUT2D eigenvalue weighted by molar-refractivity contribution is 5.97. The minimum atomic E-state index is 0.0175. The molecule has 2 bridgehead atoms. The summed E-state index contributed by atoms with van der Waals surface area (Å²) in [5.74, 6) is 0.156. The fraction of sp³-hybridized carbons (Fsp3) is 0.500. The quantitative estimate of drug-likeness (QED) is 0.787. The summed E-state index contributed by atoms with van der Waals surface area (Å²) in [6, 6.07) is 5.53. The predicted octanol–water partition coefficient (Wildman–Crippen LogP) is 1.40. The Bertz CT molecular complexity index is 501. The molecule has 1 amide bonds. The number of hydrogen-bond donors (Lipinski definition) is 2. The lowest BCUT2D eigenvalue weighted by atomic mass is 9.96. The van der Waals surface area contributed by atoms with Crippen molar-refractivity contribution in [1.29, 1.82) is 0 Å². The molecule has 1 aromatic carbocycles. The zero-order valence-electron chi connectivity index (χ0n) is 10.5. The van der Waals surface area contributed by atoms with Gasteiger partial charge in [-0.3, -0.25) is 4.79 Å². The summed E-state index contributed by atoms with van der Waals surface area (Å²) in [5, 5.41) is 9.53. The number of carbonyl (C=O) groups excluding carboxylic acids is 1. The molecular weight excluding hydrogens is 228 g/mol. The largest absolute Gasteiger partial charge is 0.508 e. The predicted molar refractivity (Wildman–Crippen MR) is 68.4 cm³/mol. The van der Waals surface area contributed by atoms with Crippen molar-refractivity contribution >= 4 is 5.91 Å². The van der Waals surface area contributed by atoms with Gasteiger partial charge in [0, 0.05) is 23.7 Å². The maximum Gasteiger partial charge on any atom is 0.254 e. The first-order valence-electron chi connectivity index (χ1n) is 6.46. The Hall–Kier alpha value is -1.55. The molecule has 2 saturated heterocycles. The molecule has 0 aliphatic carbocycles. The fourth-order valence-corrected chi connectivity index (χ4v) is 3.33. The SMILES string of the molecule is Cc1ccc(O)cc1C(=O)N1[C@@H]2CC[C@H]1[C@H](N)C2. The smallest absolute Gasteiger partial charge is 0.254 e. The average molecular weight is 246 g/mol. The molecule has 3 N–H and O–H groups in total. The van der Waals surface area contributed by atoms with E-state index in [4.69, 9.17) is 5.73 Å². The molecule has 3 rings (SSSR count). The van der Waals surface area contributed by atoms with Gasteiger partial charge in [-0.1, -0.05) is 6.07 Å². The molecule has 18 heavy (non-hydrogen) atoms. The van der Waals surface area contributed by atoms with Gasteiger partial charge in [-0.2, -0.15) is 0 Å². The van der Waals surface area contributed by atoms with Gasteiger partial charge in [-0.05, 0) is 43.9 Å². The van der Waals surface area contributed by atoms with E-state index >= 15 is 0 Å². The van der Waals surface area contributed by atoms with Gasteiger partial charge in [0.05, 0.1) is 0 Å². The number of benzene rings is 1. The molecule has 2 fully saturated rings. The third-order valence-corrected chi connectivity index (χ3v) is 4.27. The Morgan fingerprint density at radius 2 is 2.22 bits per heavy atom. The number of phenolic OH excluding ortho intramolecular Hbond substituents is 1. The van der Waals surface area contributed by atoms with Crippen LogP contribution in [0.15, 0.2) is 18.2 Å². The number of rotatable bonds is 1. The second-order valence-corrected chi connectivity index (χ2v) is 5.41. The lowest BCUT2D eigenvalue weighted by molar-refractivity contribution is 0.0725. The highest BCUT2D eigenvalue weighted by Gasteiger charge is 2.47. The van der Waals surface area contributed by atoms with E-state index in [2.05, 4.69) is 0 Å². The van der Waals surface area contributed by atoms with Gasteiger partial charge in [-0.25, -0.2) is 0 Å². The van der Waals surface area contributed by atoms with E-state index in [0.29, 0.717) is 11.6 Å². The summed E-state index contributed by atoms with van der Waals surface area (Å²) < 4.78 is 0. The van der Waals surface area contributed by atoms with Gasteiger partial charge >= 0.3 is 0 Å². The van der Waals surface area contributed by atoms with E-state index < -0.39 is 0 Å². The second-order valence-electron chi connectivity index (χ2n) is 5.41. The lowest BCUT2D eigenvalue weighted by Gasteiger charge is -2.24. The molecule has 0 radical (unpaired) electrons. The minimum Gasteiger partial charge on any atom is -0.508 e. The highest BCUT2D eigenvalue weighted by atomic mass is 16.3. The molecule has 4 nitrogen and oxygen atoms in total. The van der Waals surface area contributed by atoms with E-state index in [0.717, 1.165) is 24.8 Å². The fourth-order valence-electron chi connectivity index (χ4n) is 3.33. The van der Waals surface area contributed by atoms with Gasteiger partial charge in [0.15, 0.2) is 0 Å². The van der Waals surface area contributed by atoms with E-state index in [1.54, 1.807) is 18.2 Å². The van der Waals surface area contributed by atoms with Crippen LogP contribution in [0, 0.1) is 6.92 Å². The maximum atomic E-state index is 12.6. The van der Waals surface area contributed by atoms with Gasteiger partial charge in [0.25, 0.3) is 5.91 Å². The molecule has 0 unspecified atom stereocenters. The topological polar surface area (TPSA) is 66.6 Å². The van der Waals surface area contributed by atoms with E-state index in [1.165, 1.54) is 0 Å². The first kappa shape index (κ1) is 11.5. The number of hydrogen-bond acceptors (Lipinski definition) is 3. The Balaban J connectivity index is 1.94. The van der Waals surface area contributed by atoms with E-state index in [9.17, 15) is 9.90 Å². The van der Waals surface area contributed by atoms with Gasteiger partial charge in [0.2, 0.25) is 0 Å². The Morgan fingerprint density at radius 1 is 1.44 bits per heavy atom. The molecule has 1 aromatic rings. The number of nitrogens with two attached hydrogens (primary N) is 1. The molecular formula is C14H18N2O2. The third kappa shape index (κ3) is 1.60. The van der Waals surface area contributed by atoms with Crippen LogP contribution in [-0.4, -0.2) is 34.0 Å². The number of fused-ring (bicyclic) bond motifs is 2. The summed E-state index contributed by atoms with van der Waals surface area (Å²) in [4.78, 5) is 14.5. The number of aryl methyl sites for hydroxylation is 1. The summed E-state index contributed by atoms with van der Waals surface area (Å²) in [6.07, 6.45) is 2.98. The monoisotopic (exact) mass is 246 g/mol.